The second-order valence-corrected chi connectivity index (χ2v) is 8.52. The molecule has 1 aromatic carbocycles. The SMILES string of the molecule is Cc1cc(Br)ccc1NC1C[C@H](C)Sc2sccc21. The average Bonchev–Trinajstić information content (AvgIpc) is 2.80. The van der Waals surface area contributed by atoms with Gasteiger partial charge in [-0.05, 0) is 54.1 Å². The summed E-state index contributed by atoms with van der Waals surface area (Å²) in [5.74, 6) is 0. The van der Waals surface area contributed by atoms with Gasteiger partial charge in [-0.25, -0.2) is 0 Å². The van der Waals surface area contributed by atoms with Gasteiger partial charge in [0.2, 0.25) is 0 Å². The maximum atomic E-state index is 3.72. The molecule has 2 aromatic rings. The summed E-state index contributed by atoms with van der Waals surface area (Å²) >= 11 is 7.40. The lowest BCUT2D eigenvalue weighted by Crippen LogP contribution is -2.19. The number of rotatable bonds is 2. The number of aryl methyl sites for hydroxylation is 1. The average molecular weight is 354 g/mol. The third-order valence-electron chi connectivity index (χ3n) is 3.43. The molecule has 1 aromatic heterocycles. The zero-order chi connectivity index (χ0) is 13.4. The summed E-state index contributed by atoms with van der Waals surface area (Å²) in [4.78, 5) is 0. The van der Waals surface area contributed by atoms with Crippen LogP contribution in [-0.4, -0.2) is 5.25 Å². The number of thioether (sulfide) groups is 1. The van der Waals surface area contributed by atoms with Gasteiger partial charge < -0.3 is 5.32 Å². The summed E-state index contributed by atoms with van der Waals surface area (Å²) in [5, 5.41) is 6.61. The van der Waals surface area contributed by atoms with E-state index in [2.05, 4.69) is 64.7 Å². The Morgan fingerprint density at radius 1 is 1.32 bits per heavy atom. The van der Waals surface area contributed by atoms with Crippen molar-refractivity contribution in [3.63, 3.8) is 0 Å². The molecular weight excluding hydrogens is 338 g/mol. The van der Waals surface area contributed by atoms with Crippen LogP contribution < -0.4 is 5.32 Å². The third kappa shape index (κ3) is 2.86. The Bertz CT molecular complexity index is 594. The van der Waals surface area contributed by atoms with Gasteiger partial charge in [0.05, 0.1) is 10.3 Å². The zero-order valence-corrected chi connectivity index (χ0v) is 14.2. The molecule has 1 N–H and O–H groups in total. The fourth-order valence-electron chi connectivity index (χ4n) is 2.46. The van der Waals surface area contributed by atoms with Gasteiger partial charge in [0.25, 0.3) is 0 Å². The van der Waals surface area contributed by atoms with E-state index in [1.54, 1.807) is 0 Å². The molecule has 0 fully saturated rings. The third-order valence-corrected chi connectivity index (χ3v) is 6.26. The van der Waals surface area contributed by atoms with Crippen LogP contribution in [0.15, 0.2) is 38.3 Å². The van der Waals surface area contributed by atoms with E-state index >= 15 is 0 Å². The molecule has 0 bridgehead atoms. The second-order valence-electron chi connectivity index (χ2n) is 4.98. The van der Waals surface area contributed by atoms with Gasteiger partial charge in [-0.15, -0.1) is 23.1 Å². The molecule has 3 rings (SSSR count). The maximum absolute atomic E-state index is 3.72. The van der Waals surface area contributed by atoms with Crippen molar-refractivity contribution in [1.82, 2.24) is 0 Å². The van der Waals surface area contributed by atoms with Gasteiger partial charge >= 0.3 is 0 Å². The molecule has 0 amide bonds. The minimum atomic E-state index is 0.442. The predicted octanol–water partition coefficient (Wildman–Crippen LogP) is 5.86. The van der Waals surface area contributed by atoms with Crippen molar-refractivity contribution in [3.05, 3.63) is 45.2 Å². The van der Waals surface area contributed by atoms with Crippen LogP contribution in [0.1, 0.15) is 30.5 Å². The van der Waals surface area contributed by atoms with Crippen molar-refractivity contribution in [2.24, 2.45) is 0 Å². The van der Waals surface area contributed by atoms with E-state index in [9.17, 15) is 0 Å². The molecule has 2 heterocycles. The lowest BCUT2D eigenvalue weighted by Gasteiger charge is -2.29. The van der Waals surface area contributed by atoms with Crippen LogP contribution in [0.3, 0.4) is 0 Å². The molecule has 0 radical (unpaired) electrons. The number of hydrogen-bond donors (Lipinski definition) is 1. The largest absolute Gasteiger partial charge is 0.378 e. The highest BCUT2D eigenvalue weighted by Gasteiger charge is 2.26. The predicted molar refractivity (Wildman–Crippen MR) is 89.5 cm³/mol. The van der Waals surface area contributed by atoms with Gasteiger partial charge in [0.15, 0.2) is 0 Å². The topological polar surface area (TPSA) is 12.0 Å². The Hall–Kier alpha value is -0.450. The number of anilines is 1. The van der Waals surface area contributed by atoms with Crippen LogP contribution in [0.5, 0.6) is 0 Å². The van der Waals surface area contributed by atoms with Gasteiger partial charge in [0, 0.05) is 15.4 Å². The van der Waals surface area contributed by atoms with E-state index < -0.39 is 0 Å². The summed E-state index contributed by atoms with van der Waals surface area (Å²) < 4.78 is 2.62. The molecule has 0 saturated carbocycles. The van der Waals surface area contributed by atoms with E-state index in [0.29, 0.717) is 11.3 Å². The zero-order valence-electron chi connectivity index (χ0n) is 10.9. The van der Waals surface area contributed by atoms with Crippen molar-refractivity contribution in [1.29, 1.82) is 0 Å². The van der Waals surface area contributed by atoms with Gasteiger partial charge in [-0.2, -0.15) is 0 Å². The van der Waals surface area contributed by atoms with E-state index in [0.717, 1.165) is 4.47 Å². The highest BCUT2D eigenvalue weighted by atomic mass is 79.9. The Balaban J connectivity index is 1.88. The molecule has 0 aliphatic carbocycles. The first-order valence-corrected chi connectivity index (χ1v) is 8.95. The van der Waals surface area contributed by atoms with Gasteiger partial charge in [-0.1, -0.05) is 22.9 Å². The molecule has 1 unspecified atom stereocenters. The summed E-state index contributed by atoms with van der Waals surface area (Å²) in [7, 11) is 0. The van der Waals surface area contributed by atoms with Crippen LogP contribution in [0.4, 0.5) is 5.69 Å². The summed E-state index contributed by atoms with van der Waals surface area (Å²) in [5.41, 5.74) is 4.00. The van der Waals surface area contributed by atoms with Crippen LogP contribution in [0, 0.1) is 6.92 Å². The van der Waals surface area contributed by atoms with E-state index in [4.69, 9.17) is 0 Å². The van der Waals surface area contributed by atoms with Crippen molar-refractivity contribution in [2.75, 3.05) is 5.32 Å². The first-order valence-electron chi connectivity index (χ1n) is 6.40. The number of nitrogens with one attached hydrogen (secondary N) is 1. The van der Waals surface area contributed by atoms with Crippen LogP contribution in [-0.2, 0) is 0 Å². The summed E-state index contributed by atoms with van der Waals surface area (Å²) in [6.45, 7) is 4.47. The smallest absolute Gasteiger partial charge is 0.0653 e. The first-order chi connectivity index (χ1) is 9.13. The minimum absolute atomic E-state index is 0.442. The number of hydrogen-bond acceptors (Lipinski definition) is 3. The lowest BCUT2D eigenvalue weighted by molar-refractivity contribution is 0.669. The maximum Gasteiger partial charge on any atom is 0.0653 e. The van der Waals surface area contributed by atoms with E-state index in [-0.39, 0.29) is 0 Å². The number of thiophene rings is 1. The van der Waals surface area contributed by atoms with Crippen molar-refractivity contribution < 1.29 is 0 Å². The lowest BCUT2D eigenvalue weighted by atomic mass is 10.0. The van der Waals surface area contributed by atoms with E-state index in [1.807, 2.05) is 23.1 Å². The van der Waals surface area contributed by atoms with Crippen LogP contribution >= 0.6 is 39.0 Å². The molecule has 2 atom stereocenters. The highest BCUT2D eigenvalue weighted by molar-refractivity contribution is 9.10. The van der Waals surface area contributed by atoms with Crippen molar-refractivity contribution >= 4 is 44.7 Å². The molecule has 0 spiro atoms. The molecule has 1 aliphatic rings. The van der Waals surface area contributed by atoms with Gasteiger partial charge in [-0.3, -0.25) is 0 Å². The first kappa shape index (κ1) is 13.5. The Kier molecular flexibility index (Phi) is 3.92. The molecule has 4 heteroatoms. The Morgan fingerprint density at radius 2 is 2.16 bits per heavy atom. The van der Waals surface area contributed by atoms with Gasteiger partial charge in [0.1, 0.15) is 0 Å². The Morgan fingerprint density at radius 3 is 2.95 bits per heavy atom. The number of fused-ring (bicyclic) bond motifs is 1. The molecule has 1 nitrogen and oxygen atoms in total. The quantitative estimate of drug-likeness (QED) is 0.725. The fraction of sp³-hybridized carbons (Fsp3) is 0.333. The normalized spacial score (nSPS) is 22.1. The Labute approximate surface area is 130 Å². The fourth-order valence-corrected chi connectivity index (χ4v) is 5.50. The van der Waals surface area contributed by atoms with Crippen LogP contribution in [0.2, 0.25) is 0 Å². The second kappa shape index (κ2) is 5.51. The molecule has 19 heavy (non-hydrogen) atoms. The van der Waals surface area contributed by atoms with Crippen molar-refractivity contribution in [2.45, 2.75) is 35.8 Å². The van der Waals surface area contributed by atoms with Crippen LogP contribution in [0.25, 0.3) is 0 Å². The minimum Gasteiger partial charge on any atom is -0.378 e. The highest BCUT2D eigenvalue weighted by Crippen LogP contribution is 2.45. The molecule has 0 saturated heterocycles. The number of benzene rings is 1. The van der Waals surface area contributed by atoms with E-state index in [1.165, 1.54) is 27.4 Å². The summed E-state index contributed by atoms with van der Waals surface area (Å²) in [6, 6.07) is 9.14. The molecule has 100 valence electrons. The monoisotopic (exact) mass is 353 g/mol. The number of halogens is 1. The summed E-state index contributed by atoms with van der Waals surface area (Å²) in [6.07, 6.45) is 1.18. The molecular formula is C15H16BrNS2. The standard InChI is InChI=1S/C15H16BrNS2/c1-9-7-11(16)3-4-13(9)17-14-8-10(2)19-15-12(14)5-6-18-15/h3-7,10,14,17H,8H2,1-2H3/t10-,14?/m0/s1. The van der Waals surface area contributed by atoms with Crippen molar-refractivity contribution in [3.8, 4) is 0 Å². The molecule has 1 aliphatic heterocycles.